The van der Waals surface area contributed by atoms with Crippen LogP contribution in [0.5, 0.6) is 11.5 Å². The molecule has 0 bridgehead atoms. The Morgan fingerprint density at radius 2 is 0.978 bits per heavy atom. The molecule has 3 rings (SSSR count). The molecule has 0 radical (unpaired) electrons. The second kappa shape index (κ2) is 19.3. The molecule has 10 heteroatoms. The summed E-state index contributed by atoms with van der Waals surface area (Å²) in [6.45, 7) is 9.27. The zero-order valence-corrected chi connectivity index (χ0v) is 26.7. The number of benzene rings is 3. The van der Waals surface area contributed by atoms with Crippen molar-refractivity contribution in [3.05, 3.63) is 101 Å². The van der Waals surface area contributed by atoms with Gasteiger partial charge in [-0.05, 0) is 85.1 Å². The molecule has 0 saturated heterocycles. The molecule has 4 N–H and O–H groups in total. The van der Waals surface area contributed by atoms with Gasteiger partial charge in [0.2, 0.25) is 0 Å². The highest BCUT2D eigenvalue weighted by Crippen LogP contribution is 2.16. The molecule has 46 heavy (non-hydrogen) atoms. The smallest absolute Gasteiger partial charge is 0.270 e. The maximum absolute atomic E-state index is 12.8. The number of hydrogen-bond donors (Lipinski definition) is 4. The molecule has 0 heterocycles. The van der Waals surface area contributed by atoms with Crippen LogP contribution < -0.4 is 31.2 Å². The summed E-state index contributed by atoms with van der Waals surface area (Å²) in [5, 5.41) is 0. The Hall–Kier alpha value is -5.12. The number of nitrogens with one attached hydrogen (secondary N) is 4. The second-order valence-corrected chi connectivity index (χ2v) is 10.7. The summed E-state index contributed by atoms with van der Waals surface area (Å²) in [5.41, 5.74) is 11.0. The molecule has 0 spiro atoms. The Balaban J connectivity index is 1.47. The summed E-state index contributed by atoms with van der Waals surface area (Å²) in [4.78, 5) is 50.6. The first-order valence-electron chi connectivity index (χ1n) is 15.8. The van der Waals surface area contributed by atoms with E-state index in [1.165, 1.54) is 37.1 Å². The molecular weight excluding hydrogens is 584 g/mol. The van der Waals surface area contributed by atoms with Crippen LogP contribution in [-0.4, -0.2) is 36.8 Å². The van der Waals surface area contributed by atoms with Crippen LogP contribution in [0.4, 0.5) is 0 Å². The molecule has 0 aromatic heterocycles. The largest absolute Gasteiger partial charge is 0.494 e. The molecule has 0 saturated carbocycles. The number of rotatable bonds is 17. The van der Waals surface area contributed by atoms with Crippen molar-refractivity contribution in [3.8, 4) is 11.5 Å². The lowest BCUT2D eigenvalue weighted by Gasteiger charge is -2.12. The fourth-order valence-corrected chi connectivity index (χ4v) is 4.43. The van der Waals surface area contributed by atoms with Crippen molar-refractivity contribution in [1.82, 2.24) is 21.7 Å². The van der Waals surface area contributed by atoms with E-state index in [2.05, 4.69) is 42.1 Å². The third kappa shape index (κ3) is 11.4. The minimum absolute atomic E-state index is 0.190. The quantitative estimate of drug-likeness (QED) is 0.101. The summed E-state index contributed by atoms with van der Waals surface area (Å²) in [5.74, 6) is -0.835. The Bertz CT molecular complexity index is 1450. The average Bonchev–Trinajstić information content (AvgIpc) is 3.09. The summed E-state index contributed by atoms with van der Waals surface area (Å²) in [6.07, 6.45) is 10.3. The molecule has 0 atom stereocenters. The van der Waals surface area contributed by atoms with Crippen molar-refractivity contribution in [1.29, 1.82) is 0 Å². The van der Waals surface area contributed by atoms with Gasteiger partial charge in [-0.15, -0.1) is 0 Å². The SMILES string of the molecule is C=Cc1cc(C(=O)NNC(=O)c2ccc(OCCCCCC)cc2)ccc1C(=O)NNC(=O)c1ccc(OCCCCCC)cc1. The second-order valence-electron chi connectivity index (χ2n) is 10.7. The fraction of sp³-hybridized carbons (Fsp3) is 0.333. The minimum atomic E-state index is -0.594. The van der Waals surface area contributed by atoms with Gasteiger partial charge in [0.25, 0.3) is 23.6 Å². The Morgan fingerprint density at radius 1 is 0.565 bits per heavy atom. The van der Waals surface area contributed by atoms with E-state index in [4.69, 9.17) is 9.47 Å². The normalized spacial score (nSPS) is 10.4. The Labute approximate surface area is 270 Å². The van der Waals surface area contributed by atoms with Gasteiger partial charge in [0, 0.05) is 22.3 Å². The topological polar surface area (TPSA) is 135 Å². The third-order valence-electron chi connectivity index (χ3n) is 7.12. The van der Waals surface area contributed by atoms with Crippen molar-refractivity contribution in [2.24, 2.45) is 0 Å². The van der Waals surface area contributed by atoms with Crippen LogP contribution in [0, 0.1) is 0 Å². The zero-order chi connectivity index (χ0) is 33.1. The van der Waals surface area contributed by atoms with Gasteiger partial charge >= 0.3 is 0 Å². The molecule has 0 fully saturated rings. The standard InChI is InChI=1S/C36H44N4O6/c1-4-7-9-11-23-45-30-18-13-27(14-19-30)33(41)37-39-35(43)29-17-22-32(26(6-3)25-29)36(44)40-38-34(42)28-15-20-31(21-16-28)46-24-12-10-8-5-2/h6,13-22,25H,3-5,7-12,23-24H2,1-2H3,(H,37,41)(H,38,42)(H,39,43)(H,40,44). The van der Waals surface area contributed by atoms with E-state index in [9.17, 15) is 19.2 Å². The number of amides is 4. The van der Waals surface area contributed by atoms with E-state index in [1.54, 1.807) is 48.5 Å². The molecule has 0 aliphatic carbocycles. The summed E-state index contributed by atoms with van der Waals surface area (Å²) < 4.78 is 11.4. The maximum atomic E-state index is 12.8. The van der Waals surface area contributed by atoms with E-state index in [1.807, 2.05) is 0 Å². The monoisotopic (exact) mass is 628 g/mol. The fourth-order valence-electron chi connectivity index (χ4n) is 4.43. The van der Waals surface area contributed by atoms with E-state index in [0.717, 1.165) is 38.5 Å². The van der Waals surface area contributed by atoms with Gasteiger partial charge in [0.05, 0.1) is 13.2 Å². The van der Waals surface area contributed by atoms with Crippen LogP contribution in [-0.2, 0) is 0 Å². The first-order chi connectivity index (χ1) is 22.4. The molecule has 3 aromatic carbocycles. The van der Waals surface area contributed by atoms with E-state index < -0.39 is 23.6 Å². The molecule has 4 amide bonds. The molecular formula is C36H44N4O6. The van der Waals surface area contributed by atoms with Gasteiger partial charge in [0.1, 0.15) is 11.5 Å². The first kappa shape index (κ1) is 35.4. The maximum Gasteiger partial charge on any atom is 0.270 e. The van der Waals surface area contributed by atoms with Gasteiger partial charge < -0.3 is 9.47 Å². The predicted octanol–water partition coefficient (Wildman–Crippen LogP) is 6.40. The van der Waals surface area contributed by atoms with Crippen LogP contribution >= 0.6 is 0 Å². The van der Waals surface area contributed by atoms with Crippen LogP contribution in [0.3, 0.4) is 0 Å². The molecule has 10 nitrogen and oxygen atoms in total. The average molecular weight is 629 g/mol. The van der Waals surface area contributed by atoms with E-state index in [0.29, 0.717) is 41.4 Å². The van der Waals surface area contributed by atoms with Crippen molar-refractivity contribution >= 4 is 29.7 Å². The lowest BCUT2D eigenvalue weighted by Crippen LogP contribution is -2.42. The lowest BCUT2D eigenvalue weighted by molar-refractivity contribution is 0.0844. The van der Waals surface area contributed by atoms with E-state index in [-0.39, 0.29) is 11.1 Å². The van der Waals surface area contributed by atoms with Gasteiger partial charge in [-0.1, -0.05) is 65.0 Å². The summed E-state index contributed by atoms with van der Waals surface area (Å²) >= 11 is 0. The van der Waals surface area contributed by atoms with Crippen LogP contribution in [0.2, 0.25) is 0 Å². The highest BCUT2D eigenvalue weighted by Gasteiger charge is 2.16. The number of hydrazine groups is 2. The van der Waals surface area contributed by atoms with Crippen molar-refractivity contribution in [2.75, 3.05) is 13.2 Å². The number of unbranched alkanes of at least 4 members (excludes halogenated alkanes) is 6. The number of carbonyl (C=O) groups excluding carboxylic acids is 4. The van der Waals surface area contributed by atoms with Crippen LogP contribution in [0.15, 0.2) is 73.3 Å². The number of carbonyl (C=O) groups is 4. The number of hydrogen-bond acceptors (Lipinski definition) is 6. The highest BCUT2D eigenvalue weighted by molar-refractivity contribution is 6.03. The van der Waals surface area contributed by atoms with E-state index >= 15 is 0 Å². The van der Waals surface area contributed by atoms with Gasteiger partial charge in [-0.2, -0.15) is 0 Å². The number of ether oxygens (including phenoxy) is 2. The van der Waals surface area contributed by atoms with Crippen molar-refractivity contribution in [3.63, 3.8) is 0 Å². The predicted molar refractivity (Wildman–Crippen MR) is 179 cm³/mol. The third-order valence-corrected chi connectivity index (χ3v) is 7.12. The van der Waals surface area contributed by atoms with Gasteiger partial charge in [0.15, 0.2) is 0 Å². The molecule has 0 aliphatic rings. The lowest BCUT2D eigenvalue weighted by atomic mass is 10.0. The van der Waals surface area contributed by atoms with Gasteiger partial charge in [-0.3, -0.25) is 40.9 Å². The minimum Gasteiger partial charge on any atom is -0.494 e. The van der Waals surface area contributed by atoms with Crippen molar-refractivity contribution in [2.45, 2.75) is 65.2 Å². The molecule has 3 aromatic rings. The molecule has 0 aliphatic heterocycles. The Morgan fingerprint density at radius 3 is 1.41 bits per heavy atom. The van der Waals surface area contributed by atoms with Gasteiger partial charge in [-0.25, -0.2) is 0 Å². The first-order valence-corrected chi connectivity index (χ1v) is 15.8. The van der Waals surface area contributed by atoms with Crippen LogP contribution in [0.25, 0.3) is 6.08 Å². The Kier molecular flexibility index (Phi) is 14.8. The molecule has 0 unspecified atom stereocenters. The summed E-state index contributed by atoms with van der Waals surface area (Å²) in [7, 11) is 0. The zero-order valence-electron chi connectivity index (χ0n) is 26.7. The molecule has 244 valence electrons. The summed E-state index contributed by atoms with van der Waals surface area (Å²) in [6, 6.07) is 17.6. The van der Waals surface area contributed by atoms with Crippen molar-refractivity contribution < 1.29 is 28.7 Å². The highest BCUT2D eigenvalue weighted by atomic mass is 16.5. The van der Waals surface area contributed by atoms with Crippen LogP contribution in [0.1, 0.15) is 112 Å².